The van der Waals surface area contributed by atoms with E-state index < -0.39 is 0 Å². The fourth-order valence-corrected chi connectivity index (χ4v) is 3.34. The molecule has 0 bridgehead atoms. The highest BCUT2D eigenvalue weighted by Gasteiger charge is 2.21. The maximum atomic E-state index is 12.8. The minimum Gasteiger partial charge on any atom is -0.345 e. The first-order valence-corrected chi connectivity index (χ1v) is 9.43. The van der Waals surface area contributed by atoms with E-state index in [1.54, 1.807) is 0 Å². The standard InChI is InChI=1S/C18H22ClN3OS/c1-10(2)16-20-12(4)15(18(22-16)24-5)17(23)21-11(3)13-8-6-7-9-14(13)19/h6-11H,1-5H3,(H,21,23). The van der Waals surface area contributed by atoms with Crippen molar-refractivity contribution in [3.63, 3.8) is 0 Å². The Hall–Kier alpha value is -1.59. The third-order valence-corrected chi connectivity index (χ3v) is 4.76. The van der Waals surface area contributed by atoms with Crippen molar-refractivity contribution in [2.45, 2.75) is 44.7 Å². The van der Waals surface area contributed by atoms with Crippen LogP contribution in [0.25, 0.3) is 0 Å². The summed E-state index contributed by atoms with van der Waals surface area (Å²) < 4.78 is 0. The van der Waals surface area contributed by atoms with Crippen LogP contribution in [-0.2, 0) is 0 Å². The zero-order valence-corrected chi connectivity index (χ0v) is 16.1. The number of rotatable bonds is 5. The molecule has 128 valence electrons. The Kier molecular flexibility index (Phi) is 6.24. The number of carbonyl (C=O) groups is 1. The van der Waals surface area contributed by atoms with Gasteiger partial charge in [0.2, 0.25) is 0 Å². The second-order valence-corrected chi connectivity index (χ2v) is 7.13. The molecule has 2 aromatic rings. The van der Waals surface area contributed by atoms with E-state index in [0.29, 0.717) is 21.3 Å². The molecule has 1 heterocycles. The van der Waals surface area contributed by atoms with Crippen LogP contribution in [0.15, 0.2) is 29.3 Å². The van der Waals surface area contributed by atoms with Crippen LogP contribution in [-0.4, -0.2) is 22.1 Å². The fraction of sp³-hybridized carbons (Fsp3) is 0.389. The first-order chi connectivity index (χ1) is 11.3. The number of thioether (sulfide) groups is 1. The number of hydrogen-bond acceptors (Lipinski definition) is 4. The van der Waals surface area contributed by atoms with Gasteiger partial charge >= 0.3 is 0 Å². The first-order valence-electron chi connectivity index (χ1n) is 7.83. The van der Waals surface area contributed by atoms with Gasteiger partial charge in [-0.3, -0.25) is 4.79 Å². The fourth-order valence-electron chi connectivity index (χ4n) is 2.41. The van der Waals surface area contributed by atoms with Crippen molar-refractivity contribution in [3.05, 3.63) is 51.9 Å². The monoisotopic (exact) mass is 363 g/mol. The highest BCUT2D eigenvalue weighted by Crippen LogP contribution is 2.26. The van der Waals surface area contributed by atoms with Crippen molar-refractivity contribution >= 4 is 29.3 Å². The van der Waals surface area contributed by atoms with Gasteiger partial charge in [0, 0.05) is 10.9 Å². The second-order valence-electron chi connectivity index (χ2n) is 5.92. The van der Waals surface area contributed by atoms with Gasteiger partial charge in [-0.15, -0.1) is 11.8 Å². The van der Waals surface area contributed by atoms with E-state index in [2.05, 4.69) is 15.3 Å². The minimum absolute atomic E-state index is 0.181. The Morgan fingerprint density at radius 1 is 1.21 bits per heavy atom. The van der Waals surface area contributed by atoms with Crippen LogP contribution in [0.2, 0.25) is 5.02 Å². The molecule has 1 amide bonds. The number of halogens is 1. The number of nitrogens with one attached hydrogen (secondary N) is 1. The zero-order chi connectivity index (χ0) is 17.9. The van der Waals surface area contributed by atoms with Crippen molar-refractivity contribution in [1.82, 2.24) is 15.3 Å². The van der Waals surface area contributed by atoms with E-state index in [-0.39, 0.29) is 17.9 Å². The molecular weight excluding hydrogens is 342 g/mol. The summed E-state index contributed by atoms with van der Waals surface area (Å²) in [7, 11) is 0. The number of carbonyl (C=O) groups excluding carboxylic acids is 1. The molecule has 1 aromatic carbocycles. The molecule has 24 heavy (non-hydrogen) atoms. The summed E-state index contributed by atoms with van der Waals surface area (Å²) in [6.45, 7) is 7.84. The lowest BCUT2D eigenvalue weighted by molar-refractivity contribution is 0.0935. The summed E-state index contributed by atoms with van der Waals surface area (Å²) >= 11 is 7.67. The van der Waals surface area contributed by atoms with Gasteiger partial charge in [0.1, 0.15) is 10.9 Å². The van der Waals surface area contributed by atoms with Crippen LogP contribution in [0.3, 0.4) is 0 Å². The summed E-state index contributed by atoms with van der Waals surface area (Å²) in [6.07, 6.45) is 1.92. The summed E-state index contributed by atoms with van der Waals surface area (Å²) in [5, 5.41) is 4.34. The second kappa shape index (κ2) is 7.99. The Labute approximate surface area is 152 Å². The van der Waals surface area contributed by atoms with E-state index in [4.69, 9.17) is 11.6 Å². The van der Waals surface area contributed by atoms with Crippen molar-refractivity contribution < 1.29 is 4.79 Å². The van der Waals surface area contributed by atoms with Crippen molar-refractivity contribution in [2.75, 3.05) is 6.26 Å². The predicted molar refractivity (Wildman–Crippen MR) is 100.0 cm³/mol. The first kappa shape index (κ1) is 18.7. The van der Waals surface area contributed by atoms with Crippen LogP contribution in [0.1, 0.15) is 60.2 Å². The van der Waals surface area contributed by atoms with Gasteiger partial charge in [-0.25, -0.2) is 9.97 Å². The normalized spacial score (nSPS) is 12.3. The number of aromatic nitrogens is 2. The third kappa shape index (κ3) is 4.08. The number of nitrogens with zero attached hydrogens (tertiary/aromatic N) is 2. The van der Waals surface area contributed by atoms with Gasteiger partial charge in [0.15, 0.2) is 0 Å². The van der Waals surface area contributed by atoms with Crippen LogP contribution >= 0.6 is 23.4 Å². The Balaban J connectivity index is 2.31. The molecule has 0 fully saturated rings. The van der Waals surface area contributed by atoms with Crippen LogP contribution in [0.4, 0.5) is 0 Å². The summed E-state index contributed by atoms with van der Waals surface area (Å²) in [4.78, 5) is 21.8. The van der Waals surface area contributed by atoms with Gasteiger partial charge in [-0.1, -0.05) is 43.6 Å². The van der Waals surface area contributed by atoms with Gasteiger partial charge in [0.25, 0.3) is 5.91 Å². The van der Waals surface area contributed by atoms with Crippen molar-refractivity contribution in [1.29, 1.82) is 0 Å². The molecule has 1 atom stereocenters. The largest absolute Gasteiger partial charge is 0.345 e. The molecule has 6 heteroatoms. The molecule has 0 aliphatic heterocycles. The average Bonchev–Trinajstić information content (AvgIpc) is 2.53. The van der Waals surface area contributed by atoms with E-state index in [9.17, 15) is 4.79 Å². The van der Waals surface area contributed by atoms with E-state index in [0.717, 1.165) is 11.4 Å². The highest BCUT2D eigenvalue weighted by atomic mass is 35.5. The molecule has 0 spiro atoms. The lowest BCUT2D eigenvalue weighted by Crippen LogP contribution is -2.29. The molecule has 0 saturated heterocycles. The lowest BCUT2D eigenvalue weighted by Gasteiger charge is -2.18. The van der Waals surface area contributed by atoms with Crippen LogP contribution in [0, 0.1) is 6.92 Å². The summed E-state index contributed by atoms with van der Waals surface area (Å²) in [5.74, 6) is 0.792. The number of amides is 1. The van der Waals surface area contributed by atoms with E-state index >= 15 is 0 Å². The molecule has 0 radical (unpaired) electrons. The molecule has 0 aliphatic rings. The van der Waals surface area contributed by atoms with Gasteiger partial charge < -0.3 is 5.32 Å². The van der Waals surface area contributed by atoms with Crippen LogP contribution < -0.4 is 5.32 Å². The Morgan fingerprint density at radius 3 is 2.46 bits per heavy atom. The Morgan fingerprint density at radius 2 is 1.88 bits per heavy atom. The van der Waals surface area contributed by atoms with E-state index in [1.165, 1.54) is 11.8 Å². The van der Waals surface area contributed by atoms with Gasteiger partial charge in [-0.05, 0) is 31.7 Å². The quantitative estimate of drug-likeness (QED) is 0.613. The van der Waals surface area contributed by atoms with Gasteiger partial charge in [0.05, 0.1) is 17.3 Å². The minimum atomic E-state index is -0.204. The zero-order valence-electron chi connectivity index (χ0n) is 14.6. The lowest BCUT2D eigenvalue weighted by atomic mass is 10.1. The molecule has 0 aliphatic carbocycles. The molecule has 2 rings (SSSR count). The van der Waals surface area contributed by atoms with E-state index in [1.807, 2.05) is 58.2 Å². The molecule has 1 aromatic heterocycles. The summed E-state index contributed by atoms with van der Waals surface area (Å²) in [6, 6.07) is 7.30. The molecule has 1 N–H and O–H groups in total. The predicted octanol–water partition coefficient (Wildman–Crippen LogP) is 4.77. The van der Waals surface area contributed by atoms with Crippen LogP contribution in [0.5, 0.6) is 0 Å². The molecular formula is C18H22ClN3OS. The molecule has 4 nitrogen and oxygen atoms in total. The average molecular weight is 364 g/mol. The smallest absolute Gasteiger partial charge is 0.256 e. The number of hydrogen-bond donors (Lipinski definition) is 1. The summed E-state index contributed by atoms with van der Waals surface area (Å²) in [5.41, 5.74) is 2.11. The van der Waals surface area contributed by atoms with Crippen molar-refractivity contribution in [3.8, 4) is 0 Å². The maximum Gasteiger partial charge on any atom is 0.256 e. The molecule has 0 saturated carbocycles. The molecule has 1 unspecified atom stereocenters. The number of aryl methyl sites for hydroxylation is 1. The topological polar surface area (TPSA) is 54.9 Å². The number of benzene rings is 1. The Bertz CT molecular complexity index is 749. The van der Waals surface area contributed by atoms with Crippen molar-refractivity contribution in [2.24, 2.45) is 0 Å². The maximum absolute atomic E-state index is 12.8. The van der Waals surface area contributed by atoms with Gasteiger partial charge in [-0.2, -0.15) is 0 Å². The SMILES string of the molecule is CSc1nc(C(C)C)nc(C)c1C(=O)NC(C)c1ccccc1Cl. The highest BCUT2D eigenvalue weighted by molar-refractivity contribution is 7.98. The third-order valence-electron chi connectivity index (χ3n) is 3.73.